The minimum Gasteiger partial charge on any atom is -0.411 e. The number of carbonyl (C=O) groups excluding carboxylic acids is 1. The first-order valence-electron chi connectivity index (χ1n) is 7.37. The van der Waals surface area contributed by atoms with Crippen LogP contribution >= 0.6 is 0 Å². The van der Waals surface area contributed by atoms with Crippen LogP contribution in [0.1, 0.15) is 34.1 Å². The molecular formula is C16H27NO2Si. The summed E-state index contributed by atoms with van der Waals surface area (Å²) in [6.07, 6.45) is 2.68. The van der Waals surface area contributed by atoms with Crippen molar-refractivity contribution in [2.75, 3.05) is 6.54 Å². The number of nitrogens with zero attached hydrogens (tertiary/aromatic N) is 1. The minimum atomic E-state index is -1.85. The van der Waals surface area contributed by atoms with Gasteiger partial charge in [-0.2, -0.15) is 0 Å². The zero-order valence-electron chi connectivity index (χ0n) is 13.6. The summed E-state index contributed by atoms with van der Waals surface area (Å²) in [5.41, 5.74) is 2.24. The molecule has 0 spiro atoms. The van der Waals surface area contributed by atoms with Crippen molar-refractivity contribution >= 4 is 14.2 Å². The number of hydrogen-bond acceptors (Lipinski definition) is 2. The summed E-state index contributed by atoms with van der Waals surface area (Å²) in [7, 11) is -1.85. The van der Waals surface area contributed by atoms with E-state index in [0.717, 1.165) is 5.57 Å². The number of carbonyl (C=O) groups is 1. The van der Waals surface area contributed by atoms with Crippen LogP contribution in [-0.2, 0) is 9.22 Å². The summed E-state index contributed by atoms with van der Waals surface area (Å²) in [6.45, 7) is 18.0. The Morgan fingerprint density at radius 1 is 1.40 bits per heavy atom. The Labute approximate surface area is 123 Å². The lowest BCUT2D eigenvalue weighted by molar-refractivity contribution is -0.128. The molecule has 0 aromatic carbocycles. The molecule has 0 N–H and O–H groups in total. The number of fused-ring (bicyclic) bond motifs is 1. The number of rotatable bonds is 2. The molecular weight excluding hydrogens is 266 g/mol. The predicted octanol–water partition coefficient (Wildman–Crippen LogP) is 3.49. The summed E-state index contributed by atoms with van der Waals surface area (Å²) >= 11 is 0. The van der Waals surface area contributed by atoms with Crippen LogP contribution in [0, 0.1) is 0 Å². The lowest BCUT2D eigenvalue weighted by atomic mass is 9.99. The lowest BCUT2D eigenvalue weighted by Gasteiger charge is -2.40. The molecule has 2 heterocycles. The molecule has 112 valence electrons. The van der Waals surface area contributed by atoms with Crippen LogP contribution in [0.3, 0.4) is 0 Å². The van der Waals surface area contributed by atoms with Gasteiger partial charge in [-0.25, -0.2) is 0 Å². The van der Waals surface area contributed by atoms with E-state index >= 15 is 0 Å². The SMILES string of the molecule is C=C1CN2C(=O)C[C@@H](O[Si](C)(C)C(C)(C)C)[C@H]2C=C1C. The van der Waals surface area contributed by atoms with Gasteiger partial charge >= 0.3 is 0 Å². The first-order valence-corrected chi connectivity index (χ1v) is 10.3. The molecule has 2 aliphatic rings. The average Bonchev–Trinajstić information content (AvgIpc) is 2.55. The normalized spacial score (nSPS) is 27.7. The van der Waals surface area contributed by atoms with Crippen LogP contribution in [0.5, 0.6) is 0 Å². The highest BCUT2D eigenvalue weighted by Gasteiger charge is 2.46. The van der Waals surface area contributed by atoms with E-state index in [1.54, 1.807) is 0 Å². The van der Waals surface area contributed by atoms with Gasteiger partial charge in [0.2, 0.25) is 5.91 Å². The molecule has 0 aromatic rings. The van der Waals surface area contributed by atoms with Crippen LogP contribution in [-0.4, -0.2) is 37.8 Å². The first kappa shape index (κ1) is 15.5. The Hall–Kier alpha value is -0.873. The van der Waals surface area contributed by atoms with Gasteiger partial charge in [0.15, 0.2) is 8.32 Å². The molecule has 3 nitrogen and oxygen atoms in total. The van der Waals surface area contributed by atoms with E-state index in [1.807, 2.05) is 4.90 Å². The summed E-state index contributed by atoms with van der Waals surface area (Å²) in [4.78, 5) is 14.1. The van der Waals surface area contributed by atoms with Crippen LogP contribution in [0.2, 0.25) is 18.1 Å². The molecule has 4 heteroatoms. The van der Waals surface area contributed by atoms with Gasteiger partial charge in [0.05, 0.1) is 18.6 Å². The lowest BCUT2D eigenvalue weighted by Crippen LogP contribution is -2.48. The van der Waals surface area contributed by atoms with Gasteiger partial charge in [0, 0.05) is 6.54 Å². The highest BCUT2D eigenvalue weighted by Crippen LogP contribution is 2.40. The van der Waals surface area contributed by atoms with Gasteiger partial charge in [0.25, 0.3) is 0 Å². The van der Waals surface area contributed by atoms with Gasteiger partial charge in [-0.3, -0.25) is 4.79 Å². The van der Waals surface area contributed by atoms with E-state index in [-0.39, 0.29) is 23.1 Å². The fourth-order valence-electron chi connectivity index (χ4n) is 2.54. The molecule has 20 heavy (non-hydrogen) atoms. The quantitative estimate of drug-likeness (QED) is 0.729. The molecule has 0 radical (unpaired) electrons. The first-order chi connectivity index (χ1) is 9.03. The topological polar surface area (TPSA) is 29.5 Å². The molecule has 1 saturated heterocycles. The van der Waals surface area contributed by atoms with Gasteiger partial charge in [-0.15, -0.1) is 0 Å². The van der Waals surface area contributed by atoms with Crippen molar-refractivity contribution in [3.8, 4) is 0 Å². The monoisotopic (exact) mass is 293 g/mol. The second kappa shape index (κ2) is 4.85. The predicted molar refractivity (Wildman–Crippen MR) is 85.1 cm³/mol. The average molecular weight is 293 g/mol. The molecule has 1 amide bonds. The van der Waals surface area contributed by atoms with E-state index in [4.69, 9.17) is 4.43 Å². The van der Waals surface area contributed by atoms with Crippen molar-refractivity contribution in [3.63, 3.8) is 0 Å². The fraction of sp³-hybridized carbons (Fsp3) is 0.688. The maximum Gasteiger partial charge on any atom is 0.226 e. The summed E-state index contributed by atoms with van der Waals surface area (Å²) in [6, 6.07) is 0.0992. The Balaban J connectivity index is 2.22. The van der Waals surface area contributed by atoms with Crippen molar-refractivity contribution in [1.29, 1.82) is 0 Å². The van der Waals surface area contributed by atoms with Gasteiger partial charge in [0.1, 0.15) is 0 Å². The van der Waals surface area contributed by atoms with Crippen LogP contribution in [0.4, 0.5) is 0 Å². The third kappa shape index (κ3) is 2.63. The van der Waals surface area contributed by atoms with Crippen LogP contribution < -0.4 is 0 Å². The van der Waals surface area contributed by atoms with E-state index in [0.29, 0.717) is 13.0 Å². The van der Waals surface area contributed by atoms with E-state index < -0.39 is 8.32 Å². The standard InChI is InChI=1S/C16H27NO2Si/c1-11-8-13-14(19-20(6,7)16(3,4)5)9-15(18)17(13)10-12(11)2/h8,13-14H,2,9-10H2,1,3-7H3/t13-,14-/m1/s1. The summed E-state index contributed by atoms with van der Waals surface area (Å²) < 4.78 is 6.49. The molecule has 0 bridgehead atoms. The van der Waals surface area contributed by atoms with Crippen molar-refractivity contribution < 1.29 is 9.22 Å². The third-order valence-electron chi connectivity index (χ3n) is 5.03. The van der Waals surface area contributed by atoms with Crippen molar-refractivity contribution in [2.45, 2.75) is 64.4 Å². The Morgan fingerprint density at radius 3 is 2.55 bits per heavy atom. The Morgan fingerprint density at radius 2 is 2.00 bits per heavy atom. The zero-order chi connectivity index (χ0) is 15.3. The number of hydrogen-bond donors (Lipinski definition) is 0. The maximum atomic E-state index is 12.2. The van der Waals surface area contributed by atoms with Crippen LogP contribution in [0.25, 0.3) is 0 Å². The molecule has 0 aliphatic carbocycles. The summed E-state index contributed by atoms with van der Waals surface area (Å²) in [5, 5.41) is 0.167. The van der Waals surface area contributed by atoms with Crippen molar-refractivity contribution in [3.05, 3.63) is 23.8 Å². The minimum absolute atomic E-state index is 0.00596. The van der Waals surface area contributed by atoms with Gasteiger partial charge in [-0.1, -0.05) is 33.4 Å². The van der Waals surface area contributed by atoms with Crippen molar-refractivity contribution in [1.82, 2.24) is 4.90 Å². The van der Waals surface area contributed by atoms with Gasteiger partial charge < -0.3 is 9.33 Å². The van der Waals surface area contributed by atoms with E-state index in [1.165, 1.54) is 5.57 Å². The molecule has 0 saturated carbocycles. The molecule has 0 aromatic heterocycles. The zero-order valence-corrected chi connectivity index (χ0v) is 14.6. The Kier molecular flexibility index (Phi) is 3.76. The fourth-order valence-corrected chi connectivity index (χ4v) is 3.87. The van der Waals surface area contributed by atoms with Crippen LogP contribution in [0.15, 0.2) is 23.8 Å². The Bertz CT molecular complexity index is 473. The van der Waals surface area contributed by atoms with E-state index in [2.05, 4.69) is 53.4 Å². The molecule has 2 rings (SSSR count). The van der Waals surface area contributed by atoms with Gasteiger partial charge in [-0.05, 0) is 36.2 Å². The largest absolute Gasteiger partial charge is 0.411 e. The van der Waals surface area contributed by atoms with Crippen molar-refractivity contribution in [2.24, 2.45) is 0 Å². The third-order valence-corrected chi connectivity index (χ3v) is 9.53. The molecule has 2 atom stereocenters. The highest BCUT2D eigenvalue weighted by atomic mass is 28.4. The van der Waals surface area contributed by atoms with E-state index in [9.17, 15) is 4.79 Å². The molecule has 0 unspecified atom stereocenters. The second-order valence-corrected chi connectivity index (χ2v) is 12.3. The molecule has 1 fully saturated rings. The molecule has 2 aliphatic heterocycles. The maximum absolute atomic E-state index is 12.2. The second-order valence-electron chi connectivity index (χ2n) is 7.59. The summed E-state index contributed by atoms with van der Waals surface area (Å²) in [5.74, 6) is 0.198. The number of amides is 1. The highest BCUT2D eigenvalue weighted by molar-refractivity contribution is 6.74. The smallest absolute Gasteiger partial charge is 0.226 e.